The van der Waals surface area contributed by atoms with E-state index in [9.17, 15) is 4.79 Å². The minimum atomic E-state index is -0.161. The lowest BCUT2D eigenvalue weighted by atomic mass is 10.2. The van der Waals surface area contributed by atoms with E-state index in [1.165, 1.54) is 0 Å². The molecule has 2 N–H and O–H groups in total. The highest BCUT2D eigenvalue weighted by atomic mass is 32.2. The Hall–Kier alpha value is -0.260. The standard InChI is InChI=1S/C11H23NO3S/c1-3-6-12-10(5-7-13)8-16-9-11(14)15-4-2/h10,12-13H,3-9H2,1-2H3. The van der Waals surface area contributed by atoms with Gasteiger partial charge in [-0.05, 0) is 26.3 Å². The van der Waals surface area contributed by atoms with Gasteiger partial charge in [0, 0.05) is 18.4 Å². The monoisotopic (exact) mass is 249 g/mol. The fourth-order valence-corrected chi connectivity index (χ4v) is 2.17. The molecule has 0 heterocycles. The molecule has 0 aromatic rings. The summed E-state index contributed by atoms with van der Waals surface area (Å²) in [6.07, 6.45) is 1.81. The van der Waals surface area contributed by atoms with Gasteiger partial charge in [0.15, 0.2) is 0 Å². The van der Waals surface area contributed by atoms with E-state index in [-0.39, 0.29) is 18.6 Å². The Morgan fingerprint density at radius 1 is 1.50 bits per heavy atom. The Balaban J connectivity index is 3.61. The minimum absolute atomic E-state index is 0.161. The van der Waals surface area contributed by atoms with Gasteiger partial charge in [-0.25, -0.2) is 0 Å². The molecule has 0 aliphatic carbocycles. The molecule has 96 valence electrons. The van der Waals surface area contributed by atoms with E-state index in [4.69, 9.17) is 9.84 Å². The van der Waals surface area contributed by atoms with E-state index in [0.717, 1.165) is 25.1 Å². The molecule has 1 unspecified atom stereocenters. The Kier molecular flexibility index (Phi) is 11.0. The van der Waals surface area contributed by atoms with Crippen LogP contribution in [-0.4, -0.2) is 48.4 Å². The second-order valence-electron chi connectivity index (χ2n) is 3.48. The van der Waals surface area contributed by atoms with Crippen molar-refractivity contribution < 1.29 is 14.6 Å². The Morgan fingerprint density at radius 2 is 2.25 bits per heavy atom. The van der Waals surface area contributed by atoms with Crippen molar-refractivity contribution >= 4 is 17.7 Å². The first-order valence-electron chi connectivity index (χ1n) is 5.82. The van der Waals surface area contributed by atoms with E-state index in [2.05, 4.69) is 12.2 Å². The van der Waals surface area contributed by atoms with Crippen LogP contribution in [0.5, 0.6) is 0 Å². The van der Waals surface area contributed by atoms with E-state index in [1.807, 2.05) is 0 Å². The third-order valence-corrected chi connectivity index (χ3v) is 3.08. The topological polar surface area (TPSA) is 58.6 Å². The zero-order chi connectivity index (χ0) is 12.2. The lowest BCUT2D eigenvalue weighted by molar-refractivity contribution is -0.139. The number of rotatable bonds is 10. The molecule has 0 fully saturated rings. The van der Waals surface area contributed by atoms with E-state index >= 15 is 0 Å². The van der Waals surface area contributed by atoms with Crippen LogP contribution in [0.3, 0.4) is 0 Å². The Bertz CT molecular complexity index is 179. The minimum Gasteiger partial charge on any atom is -0.465 e. The van der Waals surface area contributed by atoms with Gasteiger partial charge < -0.3 is 15.2 Å². The summed E-state index contributed by atoms with van der Waals surface area (Å²) in [7, 11) is 0. The molecule has 0 saturated carbocycles. The summed E-state index contributed by atoms with van der Waals surface area (Å²) in [5.74, 6) is 1.06. The Morgan fingerprint density at radius 3 is 2.81 bits per heavy atom. The van der Waals surface area contributed by atoms with Gasteiger partial charge in [-0.3, -0.25) is 4.79 Å². The molecule has 0 bridgehead atoms. The first-order chi connectivity index (χ1) is 7.74. The van der Waals surface area contributed by atoms with Crippen LogP contribution >= 0.6 is 11.8 Å². The maximum Gasteiger partial charge on any atom is 0.315 e. The van der Waals surface area contributed by atoms with Crippen LogP contribution in [-0.2, 0) is 9.53 Å². The first-order valence-corrected chi connectivity index (χ1v) is 6.97. The molecule has 0 radical (unpaired) electrons. The third-order valence-electron chi connectivity index (χ3n) is 2.00. The van der Waals surface area contributed by atoms with E-state index < -0.39 is 0 Å². The molecular weight excluding hydrogens is 226 g/mol. The fraction of sp³-hybridized carbons (Fsp3) is 0.909. The maximum absolute atomic E-state index is 11.1. The second-order valence-corrected chi connectivity index (χ2v) is 4.51. The van der Waals surface area contributed by atoms with Crippen LogP contribution in [0.15, 0.2) is 0 Å². The maximum atomic E-state index is 11.1. The second kappa shape index (κ2) is 11.2. The van der Waals surface area contributed by atoms with E-state index in [1.54, 1.807) is 18.7 Å². The Labute approximate surface area is 102 Å². The van der Waals surface area contributed by atoms with Crippen LogP contribution in [0, 0.1) is 0 Å². The molecule has 0 aliphatic heterocycles. The predicted molar refractivity (Wildman–Crippen MR) is 67.7 cm³/mol. The summed E-state index contributed by atoms with van der Waals surface area (Å²) in [5, 5.41) is 12.2. The van der Waals surface area contributed by atoms with Gasteiger partial charge in [-0.15, -0.1) is 11.8 Å². The number of carbonyl (C=O) groups is 1. The fourth-order valence-electron chi connectivity index (χ4n) is 1.24. The van der Waals surface area contributed by atoms with Crippen molar-refractivity contribution in [2.75, 3.05) is 31.3 Å². The van der Waals surface area contributed by atoms with Gasteiger partial charge in [0.25, 0.3) is 0 Å². The summed E-state index contributed by atoms with van der Waals surface area (Å²) in [6.45, 7) is 5.48. The smallest absolute Gasteiger partial charge is 0.315 e. The highest BCUT2D eigenvalue weighted by Crippen LogP contribution is 2.06. The van der Waals surface area contributed by atoms with Crippen molar-refractivity contribution in [3.63, 3.8) is 0 Å². The number of aliphatic hydroxyl groups is 1. The number of thioether (sulfide) groups is 1. The SMILES string of the molecule is CCCNC(CCO)CSCC(=O)OCC. The number of esters is 1. The zero-order valence-electron chi connectivity index (χ0n) is 10.2. The van der Waals surface area contributed by atoms with Gasteiger partial charge in [-0.1, -0.05) is 6.92 Å². The molecule has 0 aliphatic rings. The van der Waals surface area contributed by atoms with Crippen molar-refractivity contribution in [3.8, 4) is 0 Å². The summed E-state index contributed by atoms with van der Waals surface area (Å²) in [6, 6.07) is 0.282. The molecule has 0 spiro atoms. The summed E-state index contributed by atoms with van der Waals surface area (Å²) in [4.78, 5) is 11.1. The van der Waals surface area contributed by atoms with Crippen LogP contribution in [0.2, 0.25) is 0 Å². The van der Waals surface area contributed by atoms with Crippen LogP contribution < -0.4 is 5.32 Å². The third kappa shape index (κ3) is 9.00. The van der Waals surface area contributed by atoms with Gasteiger partial charge >= 0.3 is 5.97 Å². The lowest BCUT2D eigenvalue weighted by Crippen LogP contribution is -2.33. The molecule has 0 amide bonds. The van der Waals surface area contributed by atoms with Crippen molar-refractivity contribution in [2.24, 2.45) is 0 Å². The van der Waals surface area contributed by atoms with Gasteiger partial charge in [0.05, 0.1) is 12.4 Å². The average molecular weight is 249 g/mol. The molecular formula is C11H23NO3S. The van der Waals surface area contributed by atoms with Crippen molar-refractivity contribution in [1.29, 1.82) is 0 Å². The molecule has 4 nitrogen and oxygen atoms in total. The summed E-state index contributed by atoms with van der Waals surface area (Å²) < 4.78 is 4.84. The van der Waals surface area contributed by atoms with Crippen molar-refractivity contribution in [2.45, 2.75) is 32.7 Å². The van der Waals surface area contributed by atoms with Gasteiger partial charge in [-0.2, -0.15) is 0 Å². The van der Waals surface area contributed by atoms with Crippen LogP contribution in [0.25, 0.3) is 0 Å². The largest absolute Gasteiger partial charge is 0.465 e. The molecule has 5 heteroatoms. The van der Waals surface area contributed by atoms with Crippen LogP contribution in [0.1, 0.15) is 26.7 Å². The molecule has 0 aromatic carbocycles. The highest BCUT2D eigenvalue weighted by Gasteiger charge is 2.09. The van der Waals surface area contributed by atoms with Crippen LogP contribution in [0.4, 0.5) is 0 Å². The summed E-state index contributed by atoms with van der Waals surface area (Å²) >= 11 is 1.55. The molecule has 0 rings (SSSR count). The number of aliphatic hydroxyl groups excluding tert-OH is 1. The number of hydrogen-bond acceptors (Lipinski definition) is 5. The molecule has 0 saturated heterocycles. The quantitative estimate of drug-likeness (QED) is 0.566. The molecule has 16 heavy (non-hydrogen) atoms. The first kappa shape index (κ1) is 15.7. The summed E-state index contributed by atoms with van der Waals surface area (Å²) in [5.41, 5.74) is 0. The number of nitrogens with one attached hydrogen (secondary N) is 1. The predicted octanol–water partition coefficient (Wildman–Crippen LogP) is 1.03. The van der Waals surface area contributed by atoms with Gasteiger partial charge in [0.2, 0.25) is 0 Å². The highest BCUT2D eigenvalue weighted by molar-refractivity contribution is 7.99. The van der Waals surface area contributed by atoms with E-state index in [0.29, 0.717) is 12.4 Å². The van der Waals surface area contributed by atoms with Gasteiger partial charge in [0.1, 0.15) is 0 Å². The normalized spacial score (nSPS) is 12.4. The lowest BCUT2D eigenvalue weighted by Gasteiger charge is -2.16. The van der Waals surface area contributed by atoms with Crippen molar-refractivity contribution in [3.05, 3.63) is 0 Å². The van der Waals surface area contributed by atoms with Crippen molar-refractivity contribution in [1.82, 2.24) is 5.32 Å². The zero-order valence-corrected chi connectivity index (χ0v) is 11.0. The average Bonchev–Trinajstić information content (AvgIpc) is 2.26. The number of ether oxygens (including phenoxy) is 1. The number of carbonyl (C=O) groups excluding carboxylic acids is 1. The molecule has 0 aromatic heterocycles. The number of hydrogen-bond donors (Lipinski definition) is 2. The molecule has 1 atom stereocenters.